The Morgan fingerprint density at radius 2 is 2.29 bits per heavy atom. The standard InChI is InChI=1S/C16H18N2O3/c19-16(14-7-3-10-20-14)18-9-11-21-13-6-1-4-12-5-2-8-17-15(12)13/h1-2,4-6,8,14H,3,7,9-11H2,(H,18,19). The van der Waals surface area contributed by atoms with E-state index < -0.39 is 0 Å². The summed E-state index contributed by atoms with van der Waals surface area (Å²) >= 11 is 0. The van der Waals surface area contributed by atoms with Crippen LogP contribution < -0.4 is 10.1 Å². The summed E-state index contributed by atoms with van der Waals surface area (Å²) in [4.78, 5) is 16.1. The minimum Gasteiger partial charge on any atom is -0.489 e. The largest absolute Gasteiger partial charge is 0.489 e. The second kappa shape index (κ2) is 6.54. The van der Waals surface area contributed by atoms with Crippen molar-refractivity contribution in [2.45, 2.75) is 18.9 Å². The van der Waals surface area contributed by atoms with E-state index in [1.165, 1.54) is 0 Å². The van der Waals surface area contributed by atoms with E-state index in [1.54, 1.807) is 6.20 Å². The van der Waals surface area contributed by atoms with Gasteiger partial charge in [0.2, 0.25) is 5.91 Å². The van der Waals surface area contributed by atoms with E-state index in [4.69, 9.17) is 9.47 Å². The smallest absolute Gasteiger partial charge is 0.249 e. The zero-order valence-corrected chi connectivity index (χ0v) is 11.7. The number of nitrogens with one attached hydrogen (secondary N) is 1. The lowest BCUT2D eigenvalue weighted by molar-refractivity contribution is -0.130. The van der Waals surface area contributed by atoms with Crippen molar-refractivity contribution in [1.82, 2.24) is 10.3 Å². The molecule has 0 bridgehead atoms. The van der Waals surface area contributed by atoms with E-state index in [-0.39, 0.29) is 12.0 Å². The first-order chi connectivity index (χ1) is 10.3. The summed E-state index contributed by atoms with van der Waals surface area (Å²) in [5.41, 5.74) is 0.838. The molecular formula is C16H18N2O3. The molecule has 1 atom stereocenters. The van der Waals surface area contributed by atoms with Gasteiger partial charge in [0.05, 0.1) is 6.54 Å². The summed E-state index contributed by atoms with van der Waals surface area (Å²) in [5.74, 6) is 0.687. The van der Waals surface area contributed by atoms with Crippen molar-refractivity contribution in [2.75, 3.05) is 19.8 Å². The molecule has 5 heteroatoms. The van der Waals surface area contributed by atoms with Crippen molar-refractivity contribution in [1.29, 1.82) is 0 Å². The fourth-order valence-electron chi connectivity index (χ4n) is 2.43. The van der Waals surface area contributed by atoms with E-state index in [2.05, 4.69) is 10.3 Å². The third-order valence-electron chi connectivity index (χ3n) is 3.48. The van der Waals surface area contributed by atoms with Gasteiger partial charge in [-0.05, 0) is 25.0 Å². The molecular weight excluding hydrogens is 268 g/mol. The second-order valence-electron chi connectivity index (χ2n) is 4.97. The molecule has 1 unspecified atom stereocenters. The van der Waals surface area contributed by atoms with E-state index >= 15 is 0 Å². The lowest BCUT2D eigenvalue weighted by Crippen LogP contribution is -2.36. The third kappa shape index (κ3) is 3.31. The summed E-state index contributed by atoms with van der Waals surface area (Å²) < 4.78 is 11.0. The van der Waals surface area contributed by atoms with Gasteiger partial charge < -0.3 is 14.8 Å². The number of para-hydroxylation sites is 1. The molecule has 1 aromatic carbocycles. The first kappa shape index (κ1) is 13.8. The van der Waals surface area contributed by atoms with Crippen LogP contribution in [0.4, 0.5) is 0 Å². The van der Waals surface area contributed by atoms with Gasteiger partial charge in [0.25, 0.3) is 0 Å². The normalized spacial score (nSPS) is 17.8. The van der Waals surface area contributed by atoms with Crippen LogP contribution in [0, 0.1) is 0 Å². The quantitative estimate of drug-likeness (QED) is 0.853. The van der Waals surface area contributed by atoms with Crippen LogP contribution in [0.2, 0.25) is 0 Å². The number of rotatable bonds is 5. The molecule has 3 rings (SSSR count). The monoisotopic (exact) mass is 286 g/mol. The maximum atomic E-state index is 11.8. The predicted octanol–water partition coefficient (Wildman–Crippen LogP) is 1.91. The first-order valence-corrected chi connectivity index (χ1v) is 7.20. The van der Waals surface area contributed by atoms with E-state index in [0.717, 1.165) is 29.5 Å². The summed E-state index contributed by atoms with van der Waals surface area (Å²) in [7, 11) is 0. The summed E-state index contributed by atoms with van der Waals surface area (Å²) in [6, 6.07) is 9.71. The molecule has 21 heavy (non-hydrogen) atoms. The van der Waals surface area contributed by atoms with Crippen LogP contribution in [0.3, 0.4) is 0 Å². The second-order valence-corrected chi connectivity index (χ2v) is 4.97. The number of nitrogens with zero attached hydrogens (tertiary/aromatic N) is 1. The molecule has 2 aromatic rings. The number of pyridine rings is 1. The Kier molecular flexibility index (Phi) is 4.31. The maximum Gasteiger partial charge on any atom is 0.249 e. The van der Waals surface area contributed by atoms with E-state index in [9.17, 15) is 4.79 Å². The van der Waals surface area contributed by atoms with E-state index in [1.807, 2.05) is 30.3 Å². The number of fused-ring (bicyclic) bond motifs is 1. The SMILES string of the molecule is O=C(NCCOc1cccc2cccnc12)C1CCCO1. The highest BCUT2D eigenvalue weighted by Crippen LogP contribution is 2.22. The van der Waals surface area contributed by atoms with Gasteiger partial charge >= 0.3 is 0 Å². The zero-order valence-electron chi connectivity index (χ0n) is 11.7. The minimum atomic E-state index is -0.288. The van der Waals surface area contributed by atoms with Crippen molar-refractivity contribution in [3.8, 4) is 5.75 Å². The summed E-state index contributed by atoms with van der Waals surface area (Å²) in [6.45, 7) is 1.55. The highest BCUT2D eigenvalue weighted by Gasteiger charge is 2.22. The zero-order chi connectivity index (χ0) is 14.5. The molecule has 1 aliphatic rings. The van der Waals surface area contributed by atoms with Gasteiger partial charge in [0.1, 0.15) is 24.0 Å². The lowest BCUT2D eigenvalue weighted by atomic mass is 10.2. The fraction of sp³-hybridized carbons (Fsp3) is 0.375. The average molecular weight is 286 g/mol. The predicted molar refractivity (Wildman–Crippen MR) is 79.2 cm³/mol. The molecule has 0 aliphatic carbocycles. The van der Waals surface area contributed by atoms with Gasteiger partial charge in [-0.15, -0.1) is 0 Å². The van der Waals surface area contributed by atoms with Gasteiger partial charge in [-0.25, -0.2) is 0 Å². The van der Waals surface area contributed by atoms with E-state index in [0.29, 0.717) is 19.8 Å². The van der Waals surface area contributed by atoms with Crippen LogP contribution in [0.25, 0.3) is 10.9 Å². The number of ether oxygens (including phenoxy) is 2. The highest BCUT2D eigenvalue weighted by atomic mass is 16.5. The van der Waals surface area contributed by atoms with Crippen LogP contribution in [0.15, 0.2) is 36.5 Å². The molecule has 0 radical (unpaired) electrons. The minimum absolute atomic E-state index is 0.0489. The van der Waals surface area contributed by atoms with Gasteiger partial charge in [0, 0.05) is 18.2 Å². The number of amides is 1. The molecule has 1 amide bonds. The molecule has 2 heterocycles. The number of benzene rings is 1. The highest BCUT2D eigenvalue weighted by molar-refractivity contribution is 5.84. The Bertz CT molecular complexity index is 618. The Hall–Kier alpha value is -2.14. The first-order valence-electron chi connectivity index (χ1n) is 7.20. The summed E-state index contributed by atoms with van der Waals surface area (Å²) in [5, 5.41) is 3.87. The van der Waals surface area contributed by atoms with Crippen LogP contribution in [-0.4, -0.2) is 36.8 Å². The summed E-state index contributed by atoms with van der Waals surface area (Å²) in [6.07, 6.45) is 3.22. The Balaban J connectivity index is 1.51. The molecule has 0 saturated carbocycles. The number of aromatic nitrogens is 1. The molecule has 1 fully saturated rings. The third-order valence-corrected chi connectivity index (χ3v) is 3.48. The fourth-order valence-corrected chi connectivity index (χ4v) is 2.43. The van der Waals surface area contributed by atoms with Crippen molar-refractivity contribution in [2.24, 2.45) is 0 Å². The topological polar surface area (TPSA) is 60.5 Å². The van der Waals surface area contributed by atoms with Crippen molar-refractivity contribution < 1.29 is 14.3 Å². The number of hydrogen-bond donors (Lipinski definition) is 1. The lowest BCUT2D eigenvalue weighted by Gasteiger charge is -2.12. The molecule has 1 saturated heterocycles. The van der Waals surface area contributed by atoms with Crippen molar-refractivity contribution in [3.05, 3.63) is 36.5 Å². The van der Waals surface area contributed by atoms with Gasteiger partial charge in [0.15, 0.2) is 0 Å². The number of carbonyl (C=O) groups is 1. The van der Waals surface area contributed by atoms with Gasteiger partial charge in [-0.3, -0.25) is 9.78 Å². The average Bonchev–Trinajstić information content (AvgIpc) is 3.06. The Morgan fingerprint density at radius 3 is 3.14 bits per heavy atom. The Morgan fingerprint density at radius 1 is 1.38 bits per heavy atom. The molecule has 1 aliphatic heterocycles. The van der Waals surface area contributed by atoms with Crippen molar-refractivity contribution >= 4 is 16.8 Å². The molecule has 1 aromatic heterocycles. The molecule has 5 nitrogen and oxygen atoms in total. The Labute approximate surface area is 123 Å². The van der Waals surface area contributed by atoms with Crippen LogP contribution in [-0.2, 0) is 9.53 Å². The molecule has 1 N–H and O–H groups in total. The maximum absolute atomic E-state index is 11.8. The van der Waals surface area contributed by atoms with Crippen LogP contribution in [0.5, 0.6) is 5.75 Å². The number of hydrogen-bond acceptors (Lipinski definition) is 4. The van der Waals surface area contributed by atoms with Crippen LogP contribution in [0.1, 0.15) is 12.8 Å². The van der Waals surface area contributed by atoms with Crippen molar-refractivity contribution in [3.63, 3.8) is 0 Å². The van der Waals surface area contributed by atoms with Gasteiger partial charge in [-0.2, -0.15) is 0 Å². The van der Waals surface area contributed by atoms with Gasteiger partial charge in [-0.1, -0.05) is 18.2 Å². The molecule has 0 spiro atoms. The molecule has 110 valence electrons. The number of carbonyl (C=O) groups excluding carboxylic acids is 1. The van der Waals surface area contributed by atoms with Crippen LogP contribution >= 0.6 is 0 Å².